The predicted molar refractivity (Wildman–Crippen MR) is 85.7 cm³/mol. The van der Waals surface area contributed by atoms with Crippen LogP contribution in [0.2, 0.25) is 10.0 Å². The van der Waals surface area contributed by atoms with Gasteiger partial charge in [0.1, 0.15) is 0 Å². The minimum atomic E-state index is -0.0185. The van der Waals surface area contributed by atoms with Crippen LogP contribution in [-0.2, 0) is 4.79 Å². The highest BCUT2D eigenvalue weighted by molar-refractivity contribution is 7.14. The van der Waals surface area contributed by atoms with Gasteiger partial charge in [0.15, 0.2) is 5.13 Å². The third kappa shape index (κ3) is 3.95. The van der Waals surface area contributed by atoms with Crippen LogP contribution in [0, 0.1) is 5.92 Å². The van der Waals surface area contributed by atoms with Crippen molar-refractivity contribution < 1.29 is 4.79 Å². The fourth-order valence-corrected chi connectivity index (χ4v) is 2.69. The lowest BCUT2D eigenvalue weighted by atomic mass is 10.1. The third-order valence-electron chi connectivity index (χ3n) is 2.56. The van der Waals surface area contributed by atoms with Gasteiger partial charge < -0.3 is 5.32 Å². The number of anilines is 1. The SMILES string of the molecule is CC(C)CC(=O)Nc1nc(-c2ccc(Cl)c(Cl)c2)cs1. The largest absolute Gasteiger partial charge is 0.302 e. The number of rotatable bonds is 4. The van der Waals surface area contributed by atoms with Crippen molar-refractivity contribution in [1.29, 1.82) is 0 Å². The quantitative estimate of drug-likeness (QED) is 0.848. The first-order chi connectivity index (χ1) is 9.45. The van der Waals surface area contributed by atoms with Crippen LogP contribution in [0.5, 0.6) is 0 Å². The number of benzene rings is 1. The van der Waals surface area contributed by atoms with Gasteiger partial charge in [-0.3, -0.25) is 4.79 Å². The van der Waals surface area contributed by atoms with E-state index in [1.54, 1.807) is 12.1 Å². The molecule has 0 bridgehead atoms. The first kappa shape index (κ1) is 15.3. The monoisotopic (exact) mass is 328 g/mol. The summed E-state index contributed by atoms with van der Waals surface area (Å²) >= 11 is 13.3. The number of hydrogen-bond donors (Lipinski definition) is 1. The number of nitrogens with zero attached hydrogens (tertiary/aromatic N) is 1. The number of halogens is 2. The van der Waals surface area contributed by atoms with E-state index < -0.39 is 0 Å². The maximum absolute atomic E-state index is 11.7. The Morgan fingerprint density at radius 1 is 1.35 bits per heavy atom. The Kier molecular flexibility index (Phi) is 5.02. The van der Waals surface area contributed by atoms with Crippen LogP contribution in [0.3, 0.4) is 0 Å². The molecule has 0 atom stereocenters. The first-order valence-corrected chi connectivity index (χ1v) is 7.80. The van der Waals surface area contributed by atoms with Crippen LogP contribution in [0.15, 0.2) is 23.6 Å². The zero-order valence-electron chi connectivity index (χ0n) is 11.1. The average Bonchev–Trinajstić information content (AvgIpc) is 2.80. The smallest absolute Gasteiger partial charge is 0.226 e. The molecular formula is C14H14Cl2N2OS. The normalized spacial score (nSPS) is 10.8. The van der Waals surface area contributed by atoms with Gasteiger partial charge in [-0.05, 0) is 18.1 Å². The van der Waals surface area contributed by atoms with Crippen molar-refractivity contribution in [2.45, 2.75) is 20.3 Å². The van der Waals surface area contributed by atoms with E-state index in [1.807, 2.05) is 25.3 Å². The minimum Gasteiger partial charge on any atom is -0.302 e. The molecular weight excluding hydrogens is 315 g/mol. The summed E-state index contributed by atoms with van der Waals surface area (Å²) in [6.07, 6.45) is 0.488. The van der Waals surface area contributed by atoms with E-state index >= 15 is 0 Å². The molecule has 0 saturated carbocycles. The molecule has 0 aliphatic rings. The Balaban J connectivity index is 2.12. The van der Waals surface area contributed by atoms with Crippen LogP contribution >= 0.6 is 34.5 Å². The van der Waals surface area contributed by atoms with Crippen molar-refractivity contribution in [2.75, 3.05) is 5.32 Å². The number of hydrogen-bond acceptors (Lipinski definition) is 3. The van der Waals surface area contributed by atoms with Crippen LogP contribution < -0.4 is 5.32 Å². The molecule has 0 unspecified atom stereocenters. The van der Waals surface area contributed by atoms with Crippen LogP contribution in [0.4, 0.5) is 5.13 Å². The van der Waals surface area contributed by atoms with Gasteiger partial charge in [-0.1, -0.05) is 43.1 Å². The average molecular weight is 329 g/mol. The van der Waals surface area contributed by atoms with Crippen LogP contribution in [-0.4, -0.2) is 10.9 Å². The van der Waals surface area contributed by atoms with Crippen molar-refractivity contribution in [1.82, 2.24) is 4.98 Å². The van der Waals surface area contributed by atoms with Crippen molar-refractivity contribution in [3.63, 3.8) is 0 Å². The van der Waals surface area contributed by atoms with Crippen molar-refractivity contribution in [3.05, 3.63) is 33.6 Å². The Morgan fingerprint density at radius 3 is 2.75 bits per heavy atom. The summed E-state index contributed by atoms with van der Waals surface area (Å²) in [4.78, 5) is 16.1. The maximum atomic E-state index is 11.7. The molecule has 106 valence electrons. The molecule has 3 nitrogen and oxygen atoms in total. The van der Waals surface area contributed by atoms with E-state index in [1.165, 1.54) is 11.3 Å². The number of aromatic nitrogens is 1. The molecule has 1 aromatic carbocycles. The van der Waals surface area contributed by atoms with Gasteiger partial charge >= 0.3 is 0 Å². The Morgan fingerprint density at radius 2 is 2.10 bits per heavy atom. The Hall–Kier alpha value is -1.10. The van der Waals surface area contributed by atoms with Crippen molar-refractivity contribution in [2.24, 2.45) is 5.92 Å². The van der Waals surface area contributed by atoms with Gasteiger partial charge in [-0.2, -0.15) is 0 Å². The molecule has 0 saturated heterocycles. The summed E-state index contributed by atoms with van der Waals surface area (Å²) in [6.45, 7) is 4.01. The highest BCUT2D eigenvalue weighted by atomic mass is 35.5. The van der Waals surface area contributed by atoms with Gasteiger partial charge in [0.25, 0.3) is 0 Å². The van der Waals surface area contributed by atoms with E-state index in [0.717, 1.165) is 11.3 Å². The lowest BCUT2D eigenvalue weighted by Gasteiger charge is -2.03. The summed E-state index contributed by atoms with van der Waals surface area (Å²) < 4.78 is 0. The van der Waals surface area contributed by atoms with Crippen LogP contribution in [0.1, 0.15) is 20.3 Å². The summed E-state index contributed by atoms with van der Waals surface area (Å²) in [5.41, 5.74) is 1.65. The molecule has 1 aromatic heterocycles. The standard InChI is InChI=1S/C14H14Cl2N2OS/c1-8(2)5-13(19)18-14-17-12(7-20-14)9-3-4-10(15)11(16)6-9/h3-4,6-8H,5H2,1-2H3,(H,17,18,19). The van der Waals surface area contributed by atoms with Gasteiger partial charge in [0, 0.05) is 17.4 Å². The fraction of sp³-hybridized carbons (Fsp3) is 0.286. The topological polar surface area (TPSA) is 42.0 Å². The zero-order valence-corrected chi connectivity index (χ0v) is 13.4. The molecule has 20 heavy (non-hydrogen) atoms. The lowest BCUT2D eigenvalue weighted by Crippen LogP contribution is -2.13. The van der Waals surface area contributed by atoms with Gasteiger partial charge in [0.05, 0.1) is 15.7 Å². The Bertz CT molecular complexity index is 625. The van der Waals surface area contributed by atoms with E-state index in [4.69, 9.17) is 23.2 Å². The van der Waals surface area contributed by atoms with Gasteiger partial charge in [0.2, 0.25) is 5.91 Å². The molecule has 6 heteroatoms. The predicted octanol–water partition coefficient (Wildman–Crippen LogP) is 5.10. The summed E-state index contributed by atoms with van der Waals surface area (Å²) in [5.74, 6) is 0.305. The number of thiazole rings is 1. The Labute approximate surface area is 131 Å². The molecule has 0 spiro atoms. The highest BCUT2D eigenvalue weighted by Crippen LogP contribution is 2.30. The second kappa shape index (κ2) is 6.57. The lowest BCUT2D eigenvalue weighted by molar-refractivity contribution is -0.116. The summed E-state index contributed by atoms with van der Waals surface area (Å²) in [6, 6.07) is 5.34. The number of amides is 1. The third-order valence-corrected chi connectivity index (χ3v) is 4.06. The molecule has 1 amide bonds. The molecule has 0 aliphatic carbocycles. The molecule has 0 fully saturated rings. The van der Waals surface area contributed by atoms with E-state index in [0.29, 0.717) is 27.5 Å². The molecule has 0 radical (unpaired) electrons. The second-order valence-corrected chi connectivity index (χ2v) is 6.49. The number of nitrogens with one attached hydrogen (secondary N) is 1. The van der Waals surface area contributed by atoms with E-state index in [-0.39, 0.29) is 5.91 Å². The number of carbonyl (C=O) groups is 1. The van der Waals surface area contributed by atoms with Crippen molar-refractivity contribution in [3.8, 4) is 11.3 Å². The fourth-order valence-electron chi connectivity index (χ4n) is 1.66. The second-order valence-electron chi connectivity index (χ2n) is 4.81. The van der Waals surface area contributed by atoms with E-state index in [9.17, 15) is 4.79 Å². The van der Waals surface area contributed by atoms with E-state index in [2.05, 4.69) is 10.3 Å². The van der Waals surface area contributed by atoms with Crippen molar-refractivity contribution >= 4 is 45.6 Å². The molecule has 0 aliphatic heterocycles. The molecule has 1 heterocycles. The molecule has 2 aromatic rings. The molecule has 1 N–H and O–H groups in total. The number of carbonyl (C=O) groups excluding carboxylic acids is 1. The highest BCUT2D eigenvalue weighted by Gasteiger charge is 2.10. The molecule has 2 rings (SSSR count). The van der Waals surface area contributed by atoms with Crippen LogP contribution in [0.25, 0.3) is 11.3 Å². The van der Waals surface area contributed by atoms with Gasteiger partial charge in [-0.15, -0.1) is 11.3 Å². The summed E-state index contributed by atoms with van der Waals surface area (Å²) in [7, 11) is 0. The zero-order chi connectivity index (χ0) is 14.7. The minimum absolute atomic E-state index is 0.0185. The summed E-state index contributed by atoms with van der Waals surface area (Å²) in [5, 5.41) is 6.27. The van der Waals surface area contributed by atoms with Gasteiger partial charge in [-0.25, -0.2) is 4.98 Å². The maximum Gasteiger partial charge on any atom is 0.226 e. The first-order valence-electron chi connectivity index (χ1n) is 6.16.